The molecule has 0 saturated heterocycles. The van der Waals surface area contributed by atoms with E-state index in [1.54, 1.807) is 0 Å². The smallest absolute Gasteiger partial charge is 0.306 e. The molecule has 0 aliphatic rings. The van der Waals surface area contributed by atoms with Crippen LogP contribution in [0.15, 0.2) is 85.1 Å². The van der Waals surface area contributed by atoms with Crippen LogP contribution in [-0.4, -0.2) is 37.2 Å². The van der Waals surface area contributed by atoms with E-state index in [4.69, 9.17) is 14.2 Å². The lowest BCUT2D eigenvalue weighted by Crippen LogP contribution is -2.30. The van der Waals surface area contributed by atoms with E-state index in [1.165, 1.54) is 205 Å². The van der Waals surface area contributed by atoms with Gasteiger partial charge in [0.05, 0.1) is 0 Å². The fourth-order valence-corrected chi connectivity index (χ4v) is 9.80. The minimum atomic E-state index is -0.797. The number of hydrogen-bond donors (Lipinski definition) is 0. The number of carbonyl (C=O) groups excluding carboxylic acids is 3. The molecule has 0 N–H and O–H groups in total. The summed E-state index contributed by atoms with van der Waals surface area (Å²) in [5.74, 6) is -0.930. The van der Waals surface area contributed by atoms with Crippen LogP contribution in [0.5, 0.6) is 0 Å². The number of allylic oxidation sites excluding steroid dienone is 14. The molecule has 1 atom stereocenters. The van der Waals surface area contributed by atoms with Gasteiger partial charge in [0.2, 0.25) is 0 Å². The molecule has 0 aromatic heterocycles. The Morgan fingerprint density at radius 3 is 0.810 bits per heavy atom. The van der Waals surface area contributed by atoms with Gasteiger partial charge < -0.3 is 14.2 Å². The van der Waals surface area contributed by atoms with Crippen LogP contribution in [0.4, 0.5) is 0 Å². The quantitative estimate of drug-likeness (QED) is 0.0261. The molecule has 0 rings (SSSR count). The first kappa shape index (κ1) is 75.6. The maximum Gasteiger partial charge on any atom is 0.306 e. The van der Waals surface area contributed by atoms with E-state index < -0.39 is 6.10 Å². The number of esters is 3. The molecule has 0 aromatic carbocycles. The Hall–Kier alpha value is -3.41. The number of carbonyl (C=O) groups is 3. The molecule has 0 amide bonds. The highest BCUT2D eigenvalue weighted by Crippen LogP contribution is 2.17. The summed E-state index contributed by atoms with van der Waals surface area (Å²) in [5, 5.41) is 0. The largest absolute Gasteiger partial charge is 0.462 e. The van der Waals surface area contributed by atoms with Gasteiger partial charge in [-0.05, 0) is 96.3 Å². The van der Waals surface area contributed by atoms with Gasteiger partial charge in [-0.2, -0.15) is 0 Å². The van der Waals surface area contributed by atoms with Crippen LogP contribution in [0.2, 0.25) is 0 Å². The first-order valence-corrected chi connectivity index (χ1v) is 34.1. The second-order valence-electron chi connectivity index (χ2n) is 22.7. The van der Waals surface area contributed by atoms with Crippen LogP contribution >= 0.6 is 0 Å². The Morgan fingerprint density at radius 1 is 0.266 bits per heavy atom. The SMILES string of the molecule is CC/C=C\C/C=C\C/C=C\C/C=C\C/C=C\C/C=C\CCCCC(=O)OC(COC(=O)CCCCCCCCC)COC(=O)CCCCCCCCCCCCCCCCCCCCCCC/C=C\CCCCCCCCCC. The average molecular weight is 1100 g/mol. The normalized spacial score (nSPS) is 12.6. The summed E-state index contributed by atoms with van der Waals surface area (Å²) in [7, 11) is 0. The second kappa shape index (κ2) is 67.1. The van der Waals surface area contributed by atoms with Gasteiger partial charge in [-0.1, -0.05) is 311 Å². The van der Waals surface area contributed by atoms with Crippen molar-refractivity contribution in [3.8, 4) is 0 Å². The molecule has 0 radical (unpaired) electrons. The van der Waals surface area contributed by atoms with Crippen molar-refractivity contribution in [1.29, 1.82) is 0 Å². The molecule has 6 heteroatoms. The van der Waals surface area contributed by atoms with Crippen molar-refractivity contribution < 1.29 is 28.6 Å². The van der Waals surface area contributed by atoms with Crippen molar-refractivity contribution in [3.63, 3.8) is 0 Å². The van der Waals surface area contributed by atoms with Crippen LogP contribution < -0.4 is 0 Å². The summed E-state index contributed by atoms with van der Waals surface area (Å²) in [4.78, 5) is 38.1. The molecule has 0 aliphatic heterocycles. The Labute approximate surface area is 490 Å². The zero-order valence-corrected chi connectivity index (χ0v) is 52.4. The minimum absolute atomic E-state index is 0.0911. The fraction of sp³-hybridized carbons (Fsp3) is 0.767. The highest BCUT2D eigenvalue weighted by Gasteiger charge is 2.19. The van der Waals surface area contributed by atoms with E-state index in [0.717, 1.165) is 89.9 Å². The van der Waals surface area contributed by atoms with Crippen molar-refractivity contribution in [3.05, 3.63) is 85.1 Å². The van der Waals surface area contributed by atoms with Gasteiger partial charge in [-0.15, -0.1) is 0 Å². The van der Waals surface area contributed by atoms with Crippen LogP contribution in [-0.2, 0) is 28.6 Å². The number of hydrogen-bond acceptors (Lipinski definition) is 6. The van der Waals surface area contributed by atoms with Crippen LogP contribution in [0, 0.1) is 0 Å². The van der Waals surface area contributed by atoms with E-state index in [9.17, 15) is 14.4 Å². The van der Waals surface area contributed by atoms with Crippen molar-refractivity contribution in [2.45, 2.75) is 348 Å². The summed E-state index contributed by atoms with van der Waals surface area (Å²) in [6, 6.07) is 0. The van der Waals surface area contributed by atoms with Gasteiger partial charge in [-0.25, -0.2) is 0 Å². The first-order valence-electron chi connectivity index (χ1n) is 34.1. The predicted octanol–water partition coefficient (Wildman–Crippen LogP) is 23.4. The number of rotatable bonds is 62. The number of ether oxygens (including phenoxy) is 3. The second-order valence-corrected chi connectivity index (χ2v) is 22.7. The van der Waals surface area contributed by atoms with Gasteiger partial charge in [0.15, 0.2) is 6.10 Å². The molecule has 0 fully saturated rings. The van der Waals surface area contributed by atoms with Crippen molar-refractivity contribution >= 4 is 17.9 Å². The maximum absolute atomic E-state index is 12.8. The van der Waals surface area contributed by atoms with Crippen molar-refractivity contribution in [2.75, 3.05) is 13.2 Å². The van der Waals surface area contributed by atoms with Gasteiger partial charge in [0.1, 0.15) is 13.2 Å². The Bertz CT molecular complexity index is 1500. The van der Waals surface area contributed by atoms with Crippen LogP contribution in [0.25, 0.3) is 0 Å². The zero-order chi connectivity index (χ0) is 57.1. The van der Waals surface area contributed by atoms with E-state index in [0.29, 0.717) is 19.3 Å². The zero-order valence-electron chi connectivity index (χ0n) is 52.4. The lowest BCUT2D eigenvalue weighted by atomic mass is 10.0. The maximum atomic E-state index is 12.8. The standard InChI is InChI=1S/C73H128O6/c1-4-7-10-13-16-18-20-22-24-26-28-30-31-32-33-34-35-36-37-38-39-40-41-43-44-46-48-50-52-54-57-60-63-66-72(75)78-69-70(68-77-71(74)65-62-59-56-15-12-9-6-3)79-73(76)67-64-61-58-55-53-51-49-47-45-42-29-27-25-23-21-19-17-14-11-8-5-2/h8,11,17,19,23,25-26,28-29,42,47,49,53,55,70H,4-7,9-10,12-16,18,20-22,24,27,30-41,43-46,48,50-52,54,56-69H2,1-3H3/b11-8-,19-17-,25-23-,28-26-,42-29-,49-47-,55-53-. The third-order valence-corrected chi connectivity index (χ3v) is 14.9. The van der Waals surface area contributed by atoms with Gasteiger partial charge in [-0.3, -0.25) is 14.4 Å². The highest BCUT2D eigenvalue weighted by molar-refractivity contribution is 5.71. The molecular formula is C73H128O6. The topological polar surface area (TPSA) is 78.9 Å². The van der Waals surface area contributed by atoms with Gasteiger partial charge in [0, 0.05) is 19.3 Å². The molecule has 0 aliphatic carbocycles. The molecule has 1 unspecified atom stereocenters. The Balaban J connectivity index is 4.06. The number of unbranched alkanes of at least 4 members (excludes halogenated alkanes) is 37. The molecule has 0 heterocycles. The first-order chi connectivity index (χ1) is 39.0. The molecule has 0 bridgehead atoms. The highest BCUT2D eigenvalue weighted by atomic mass is 16.6. The van der Waals surface area contributed by atoms with Crippen molar-refractivity contribution in [2.24, 2.45) is 0 Å². The van der Waals surface area contributed by atoms with E-state index in [1.807, 2.05) is 0 Å². The molecular weight excluding hydrogens is 973 g/mol. The Kier molecular flexibility index (Phi) is 64.2. The lowest BCUT2D eigenvalue weighted by molar-refractivity contribution is -0.167. The van der Waals surface area contributed by atoms with Gasteiger partial charge in [0.25, 0.3) is 0 Å². The van der Waals surface area contributed by atoms with Crippen molar-refractivity contribution in [1.82, 2.24) is 0 Å². The molecule has 456 valence electrons. The lowest BCUT2D eigenvalue weighted by Gasteiger charge is -2.18. The third-order valence-electron chi connectivity index (χ3n) is 14.9. The summed E-state index contributed by atoms with van der Waals surface area (Å²) in [6.07, 6.45) is 89.4. The summed E-state index contributed by atoms with van der Waals surface area (Å²) in [6.45, 7) is 6.48. The third kappa shape index (κ3) is 65.3. The Morgan fingerprint density at radius 2 is 0.494 bits per heavy atom. The predicted molar refractivity (Wildman–Crippen MR) is 344 cm³/mol. The molecule has 79 heavy (non-hydrogen) atoms. The van der Waals surface area contributed by atoms with E-state index in [2.05, 4.69) is 106 Å². The monoisotopic (exact) mass is 1100 g/mol. The summed E-state index contributed by atoms with van der Waals surface area (Å²) >= 11 is 0. The summed E-state index contributed by atoms with van der Waals surface area (Å²) < 4.78 is 16.8. The van der Waals surface area contributed by atoms with Crippen LogP contribution in [0.1, 0.15) is 342 Å². The van der Waals surface area contributed by atoms with E-state index in [-0.39, 0.29) is 37.5 Å². The molecule has 0 spiro atoms. The minimum Gasteiger partial charge on any atom is -0.462 e. The molecule has 0 aromatic rings. The van der Waals surface area contributed by atoms with Gasteiger partial charge >= 0.3 is 17.9 Å². The van der Waals surface area contributed by atoms with Crippen LogP contribution in [0.3, 0.4) is 0 Å². The fourth-order valence-electron chi connectivity index (χ4n) is 9.80. The molecule has 6 nitrogen and oxygen atoms in total. The summed E-state index contributed by atoms with van der Waals surface area (Å²) in [5.41, 5.74) is 0. The van der Waals surface area contributed by atoms with E-state index >= 15 is 0 Å². The molecule has 0 saturated carbocycles. The average Bonchev–Trinajstić information content (AvgIpc) is 3.45.